The number of hydrogen-bond donors (Lipinski definition) is 0. The molecule has 168 valence electrons. The largest absolute Gasteiger partial charge is 0.494 e. The van der Waals surface area contributed by atoms with Crippen LogP contribution in [0.5, 0.6) is 5.75 Å². The number of anilines is 1. The van der Waals surface area contributed by atoms with Crippen LogP contribution < -0.4 is 15.1 Å². The van der Waals surface area contributed by atoms with Gasteiger partial charge in [0.25, 0.3) is 5.91 Å². The monoisotopic (exact) mass is 461 g/mol. The summed E-state index contributed by atoms with van der Waals surface area (Å²) in [6, 6.07) is 13.8. The van der Waals surface area contributed by atoms with E-state index in [0.29, 0.717) is 39.9 Å². The van der Waals surface area contributed by atoms with Crippen molar-refractivity contribution in [2.24, 2.45) is 5.92 Å². The molecule has 0 aliphatic carbocycles. The van der Waals surface area contributed by atoms with Crippen LogP contribution in [0.3, 0.4) is 0 Å². The van der Waals surface area contributed by atoms with Gasteiger partial charge < -0.3 is 9.15 Å². The molecule has 2 aromatic heterocycles. The predicted molar refractivity (Wildman–Crippen MR) is 127 cm³/mol. The molecule has 0 saturated heterocycles. The predicted octanol–water partition coefficient (Wildman–Crippen LogP) is 5.13. The van der Waals surface area contributed by atoms with Crippen LogP contribution in [0, 0.1) is 12.8 Å². The Hall–Kier alpha value is -3.52. The lowest BCUT2D eigenvalue weighted by Gasteiger charge is -2.22. The first kappa shape index (κ1) is 21.3. The fraction of sp³-hybridized carbons (Fsp3) is 0.280. The first-order chi connectivity index (χ1) is 15.9. The molecule has 1 amide bonds. The van der Waals surface area contributed by atoms with E-state index in [4.69, 9.17) is 9.15 Å². The van der Waals surface area contributed by atoms with Crippen LogP contribution in [-0.4, -0.2) is 22.7 Å². The normalized spacial score (nSPS) is 15.5. The number of benzene rings is 2. The van der Waals surface area contributed by atoms with E-state index >= 15 is 0 Å². The Morgan fingerprint density at radius 3 is 2.70 bits per heavy atom. The molecule has 0 spiro atoms. The molecule has 0 radical (unpaired) electrons. The second-order valence-corrected chi connectivity index (χ2v) is 9.62. The van der Waals surface area contributed by atoms with Crippen LogP contribution >= 0.6 is 11.3 Å². The Morgan fingerprint density at radius 2 is 1.94 bits per heavy atom. The molecule has 7 nitrogen and oxygen atoms in total. The Labute approximate surface area is 194 Å². The number of aryl methyl sites for hydroxylation is 1. The van der Waals surface area contributed by atoms with Crippen LogP contribution in [-0.2, 0) is 0 Å². The van der Waals surface area contributed by atoms with E-state index in [9.17, 15) is 9.59 Å². The van der Waals surface area contributed by atoms with Gasteiger partial charge in [0.15, 0.2) is 5.43 Å². The summed E-state index contributed by atoms with van der Waals surface area (Å²) in [5.74, 6) is 0.858. The molecular weight excluding hydrogens is 438 g/mol. The number of amides is 1. The van der Waals surface area contributed by atoms with E-state index in [1.807, 2.05) is 31.2 Å². The topological polar surface area (TPSA) is 85.5 Å². The van der Waals surface area contributed by atoms with E-state index in [-0.39, 0.29) is 11.2 Å². The zero-order valence-corrected chi connectivity index (χ0v) is 19.4. The standard InChI is InChI=1S/C25H23N3O4S/c1-14(2)11-12-31-17-8-6-7-16(13-17)21-20-22(29)18-9-4-5-10-19(18)32-23(20)24(30)28(21)25-27-26-15(3)33-25/h4-10,13-14,21H,11-12H2,1-3H3/t21-/m0/s1. The lowest BCUT2D eigenvalue weighted by molar-refractivity contribution is 0.0970. The summed E-state index contributed by atoms with van der Waals surface area (Å²) in [6.45, 7) is 6.71. The van der Waals surface area contributed by atoms with Crippen molar-refractivity contribution in [1.29, 1.82) is 0 Å². The summed E-state index contributed by atoms with van der Waals surface area (Å²) in [5, 5.41) is 9.86. The molecule has 3 heterocycles. The zero-order chi connectivity index (χ0) is 23.1. The van der Waals surface area contributed by atoms with Crippen LogP contribution in [0.4, 0.5) is 5.13 Å². The van der Waals surface area contributed by atoms with E-state index in [1.54, 1.807) is 24.3 Å². The van der Waals surface area contributed by atoms with Gasteiger partial charge in [-0.2, -0.15) is 0 Å². The first-order valence-electron chi connectivity index (χ1n) is 10.9. The maximum absolute atomic E-state index is 13.6. The number of carbonyl (C=O) groups is 1. The average molecular weight is 462 g/mol. The average Bonchev–Trinajstić information content (AvgIpc) is 3.35. The number of ether oxygens (including phenoxy) is 1. The van der Waals surface area contributed by atoms with Gasteiger partial charge in [0.1, 0.15) is 16.3 Å². The highest BCUT2D eigenvalue weighted by atomic mass is 32.1. The van der Waals surface area contributed by atoms with E-state index in [2.05, 4.69) is 24.0 Å². The van der Waals surface area contributed by atoms with Crippen LogP contribution in [0.1, 0.15) is 53.0 Å². The molecule has 0 unspecified atom stereocenters. The van der Waals surface area contributed by atoms with Gasteiger partial charge in [-0.25, -0.2) is 0 Å². The van der Waals surface area contributed by atoms with Gasteiger partial charge in [0.05, 0.1) is 23.6 Å². The van der Waals surface area contributed by atoms with Crippen molar-refractivity contribution < 1.29 is 13.9 Å². The minimum absolute atomic E-state index is 0.0442. The van der Waals surface area contributed by atoms with Crippen molar-refractivity contribution in [3.05, 3.63) is 80.6 Å². The van der Waals surface area contributed by atoms with Crippen LogP contribution in [0.25, 0.3) is 11.0 Å². The van der Waals surface area contributed by atoms with Gasteiger partial charge in [-0.15, -0.1) is 10.2 Å². The third kappa shape index (κ3) is 3.80. The van der Waals surface area contributed by atoms with Gasteiger partial charge >= 0.3 is 0 Å². The Bertz CT molecular complexity index is 1410. The number of nitrogens with zero attached hydrogens (tertiary/aromatic N) is 3. The number of para-hydroxylation sites is 1. The van der Waals surface area contributed by atoms with Gasteiger partial charge in [-0.05, 0) is 49.1 Å². The summed E-state index contributed by atoms with van der Waals surface area (Å²) in [5.41, 5.74) is 1.22. The Balaban J connectivity index is 1.66. The molecule has 1 aliphatic heterocycles. The van der Waals surface area contributed by atoms with Crippen LogP contribution in [0.15, 0.2) is 57.7 Å². The number of carbonyl (C=O) groups excluding carboxylic acids is 1. The quantitative estimate of drug-likeness (QED) is 0.396. The molecule has 4 aromatic rings. The summed E-state index contributed by atoms with van der Waals surface area (Å²) in [4.78, 5) is 28.6. The third-order valence-electron chi connectivity index (χ3n) is 5.64. The van der Waals surface area contributed by atoms with Crippen molar-refractivity contribution in [3.63, 3.8) is 0 Å². The van der Waals surface area contributed by atoms with Crippen molar-refractivity contribution >= 4 is 33.3 Å². The minimum Gasteiger partial charge on any atom is -0.494 e. The lowest BCUT2D eigenvalue weighted by atomic mass is 9.98. The van der Waals surface area contributed by atoms with Gasteiger partial charge in [-0.1, -0.05) is 49.4 Å². The number of fused-ring (bicyclic) bond motifs is 2. The molecule has 33 heavy (non-hydrogen) atoms. The lowest BCUT2D eigenvalue weighted by Crippen LogP contribution is -2.29. The van der Waals surface area contributed by atoms with E-state index in [1.165, 1.54) is 16.2 Å². The molecule has 2 aromatic carbocycles. The molecule has 0 bridgehead atoms. The highest BCUT2D eigenvalue weighted by Crippen LogP contribution is 2.42. The second-order valence-electron chi connectivity index (χ2n) is 8.45. The molecule has 0 saturated carbocycles. The zero-order valence-electron chi connectivity index (χ0n) is 18.6. The first-order valence-corrected chi connectivity index (χ1v) is 11.7. The maximum Gasteiger partial charge on any atom is 0.297 e. The molecule has 5 rings (SSSR count). The highest BCUT2D eigenvalue weighted by Gasteiger charge is 2.45. The van der Waals surface area contributed by atoms with E-state index in [0.717, 1.165) is 17.0 Å². The van der Waals surface area contributed by atoms with Crippen molar-refractivity contribution in [3.8, 4) is 5.75 Å². The summed E-state index contributed by atoms with van der Waals surface area (Å²) in [6.07, 6.45) is 0.931. The number of hydrogen-bond acceptors (Lipinski definition) is 7. The molecule has 0 N–H and O–H groups in total. The number of aromatic nitrogens is 2. The summed E-state index contributed by atoms with van der Waals surface area (Å²) < 4.78 is 11.9. The molecular formula is C25H23N3O4S. The Morgan fingerprint density at radius 1 is 1.12 bits per heavy atom. The van der Waals surface area contributed by atoms with Crippen molar-refractivity contribution in [2.75, 3.05) is 11.5 Å². The minimum atomic E-state index is -0.686. The maximum atomic E-state index is 13.6. The Kier molecular flexibility index (Phi) is 5.46. The highest BCUT2D eigenvalue weighted by molar-refractivity contribution is 7.15. The van der Waals surface area contributed by atoms with E-state index < -0.39 is 11.9 Å². The molecule has 1 atom stereocenters. The van der Waals surface area contributed by atoms with Crippen molar-refractivity contribution in [1.82, 2.24) is 10.2 Å². The summed E-state index contributed by atoms with van der Waals surface area (Å²) in [7, 11) is 0. The summed E-state index contributed by atoms with van der Waals surface area (Å²) >= 11 is 1.30. The SMILES string of the molecule is Cc1nnc(N2C(=O)c3oc4ccccc4c(=O)c3[C@@H]2c2cccc(OCCC(C)C)c2)s1. The van der Waals surface area contributed by atoms with Gasteiger partial charge in [-0.3, -0.25) is 14.5 Å². The fourth-order valence-corrected chi connectivity index (χ4v) is 4.72. The van der Waals surface area contributed by atoms with Gasteiger partial charge in [0.2, 0.25) is 10.9 Å². The third-order valence-corrected chi connectivity index (χ3v) is 6.47. The molecule has 1 aliphatic rings. The second kappa shape index (κ2) is 8.44. The molecule has 0 fully saturated rings. The smallest absolute Gasteiger partial charge is 0.297 e. The van der Waals surface area contributed by atoms with Gasteiger partial charge in [0, 0.05) is 0 Å². The van der Waals surface area contributed by atoms with Crippen LogP contribution in [0.2, 0.25) is 0 Å². The van der Waals surface area contributed by atoms with Crippen molar-refractivity contribution in [2.45, 2.75) is 33.2 Å². The fourth-order valence-electron chi connectivity index (χ4n) is 4.00. The number of rotatable bonds is 6. The molecule has 8 heteroatoms.